The van der Waals surface area contributed by atoms with E-state index < -0.39 is 17.4 Å². The summed E-state index contributed by atoms with van der Waals surface area (Å²) in [5.74, 6) is 0.862. The molecule has 0 saturated carbocycles. The predicted molar refractivity (Wildman–Crippen MR) is 101 cm³/mol. The third kappa shape index (κ3) is 4.79. The number of ether oxygens (including phenoxy) is 3. The van der Waals surface area contributed by atoms with Crippen molar-refractivity contribution in [2.75, 3.05) is 13.4 Å². The molecule has 1 aliphatic heterocycles. The second kappa shape index (κ2) is 8.58. The van der Waals surface area contributed by atoms with E-state index in [0.29, 0.717) is 17.2 Å². The average molecular weight is 383 g/mol. The van der Waals surface area contributed by atoms with Crippen LogP contribution in [0.5, 0.6) is 17.2 Å². The van der Waals surface area contributed by atoms with Crippen molar-refractivity contribution in [2.45, 2.75) is 0 Å². The van der Waals surface area contributed by atoms with Crippen LogP contribution in [0.15, 0.2) is 60.8 Å². The van der Waals surface area contributed by atoms with Gasteiger partial charge in [0.05, 0.1) is 4.92 Å². The fourth-order valence-corrected chi connectivity index (χ4v) is 2.31. The molecular weight excluding hydrogens is 366 g/mol. The van der Waals surface area contributed by atoms with Gasteiger partial charge in [0, 0.05) is 11.8 Å². The lowest BCUT2D eigenvalue weighted by atomic mass is 10.2. The number of para-hydroxylation sites is 2. The van der Waals surface area contributed by atoms with Gasteiger partial charge in [-0.05, 0) is 29.8 Å². The van der Waals surface area contributed by atoms with Gasteiger partial charge in [-0.2, -0.15) is 0 Å². The molecule has 1 amide bonds. The van der Waals surface area contributed by atoms with E-state index in [1.54, 1.807) is 24.3 Å². The molecule has 1 aliphatic rings. The molecule has 2 aromatic carbocycles. The number of nitrogens with zero attached hydrogens (tertiary/aromatic N) is 1. The summed E-state index contributed by atoms with van der Waals surface area (Å²) in [5.41, 5.74) is 6.12. The first-order valence-corrected chi connectivity index (χ1v) is 8.20. The van der Waals surface area contributed by atoms with Gasteiger partial charge in [-0.3, -0.25) is 25.8 Å². The lowest BCUT2D eigenvalue weighted by Crippen LogP contribution is -2.39. The molecule has 144 valence electrons. The van der Waals surface area contributed by atoms with Crippen molar-refractivity contribution in [1.82, 2.24) is 10.9 Å². The molecule has 0 spiro atoms. The summed E-state index contributed by atoms with van der Waals surface area (Å²) in [6, 6.07) is 11.3. The van der Waals surface area contributed by atoms with Crippen molar-refractivity contribution in [3.8, 4) is 17.2 Å². The number of fused-ring (bicyclic) bond motifs is 1. The Hall–Kier alpha value is -4.01. The summed E-state index contributed by atoms with van der Waals surface area (Å²) in [5, 5.41) is 10.9. The van der Waals surface area contributed by atoms with Crippen molar-refractivity contribution in [1.29, 1.82) is 0 Å². The monoisotopic (exact) mass is 383 g/mol. The zero-order valence-corrected chi connectivity index (χ0v) is 14.7. The molecule has 2 aromatic rings. The zero-order valence-electron chi connectivity index (χ0n) is 14.7. The third-order valence-corrected chi connectivity index (χ3v) is 3.66. The summed E-state index contributed by atoms with van der Waals surface area (Å²) in [4.78, 5) is 22.2. The first-order valence-electron chi connectivity index (χ1n) is 8.20. The Morgan fingerprint density at radius 2 is 2.00 bits per heavy atom. The van der Waals surface area contributed by atoms with Crippen LogP contribution < -0.4 is 25.1 Å². The standard InChI is InChI=1S/C19H17N3O6/c1-13(6-7-14-8-9-17-18(10-14)28-12-27-17)20-21-19(23)11-26-16-5-3-2-4-15(16)22(24)25/h2-10,20H,1,11-12H2,(H,21,23)/b7-6+. The molecule has 0 atom stereocenters. The van der Waals surface area contributed by atoms with Gasteiger partial charge in [-0.25, -0.2) is 0 Å². The quantitative estimate of drug-likeness (QED) is 0.409. The second-order valence-corrected chi connectivity index (χ2v) is 5.66. The van der Waals surface area contributed by atoms with Crippen molar-refractivity contribution in [2.24, 2.45) is 0 Å². The minimum absolute atomic E-state index is 0.0178. The van der Waals surface area contributed by atoms with E-state index in [0.717, 1.165) is 5.56 Å². The van der Waals surface area contributed by atoms with Crippen molar-refractivity contribution >= 4 is 17.7 Å². The Bertz CT molecular complexity index is 941. The molecule has 3 rings (SSSR count). The van der Waals surface area contributed by atoms with E-state index in [-0.39, 0.29) is 18.2 Å². The number of hydrazine groups is 1. The fraction of sp³-hybridized carbons (Fsp3) is 0.105. The van der Waals surface area contributed by atoms with Crippen LogP contribution >= 0.6 is 0 Å². The van der Waals surface area contributed by atoms with Gasteiger partial charge in [0.15, 0.2) is 23.9 Å². The summed E-state index contributed by atoms with van der Waals surface area (Å²) in [6.45, 7) is 3.58. The number of nitrogens with one attached hydrogen (secondary N) is 2. The lowest BCUT2D eigenvalue weighted by molar-refractivity contribution is -0.385. The topological polar surface area (TPSA) is 112 Å². The largest absolute Gasteiger partial charge is 0.477 e. The van der Waals surface area contributed by atoms with Crippen LogP contribution in [0, 0.1) is 10.1 Å². The van der Waals surface area contributed by atoms with Gasteiger partial charge in [0.1, 0.15) is 0 Å². The Balaban J connectivity index is 1.45. The van der Waals surface area contributed by atoms with Crippen LogP contribution in [0.3, 0.4) is 0 Å². The molecule has 0 bridgehead atoms. The van der Waals surface area contributed by atoms with E-state index in [1.807, 2.05) is 12.1 Å². The molecule has 0 radical (unpaired) electrons. The first-order chi connectivity index (χ1) is 13.5. The number of nitro groups is 1. The number of carbonyl (C=O) groups excluding carboxylic acids is 1. The third-order valence-electron chi connectivity index (χ3n) is 3.66. The molecule has 9 heteroatoms. The zero-order chi connectivity index (χ0) is 19.9. The summed E-state index contributed by atoms with van der Waals surface area (Å²) >= 11 is 0. The van der Waals surface area contributed by atoms with Crippen molar-refractivity contribution in [3.63, 3.8) is 0 Å². The van der Waals surface area contributed by atoms with Crippen LogP contribution in [-0.4, -0.2) is 24.2 Å². The summed E-state index contributed by atoms with van der Waals surface area (Å²) in [7, 11) is 0. The number of allylic oxidation sites excluding steroid dienone is 1. The first kappa shape index (κ1) is 18.8. The maximum Gasteiger partial charge on any atom is 0.310 e. The minimum Gasteiger partial charge on any atom is -0.477 e. The fourth-order valence-electron chi connectivity index (χ4n) is 2.31. The van der Waals surface area contributed by atoms with Crippen molar-refractivity contribution in [3.05, 3.63) is 76.5 Å². The van der Waals surface area contributed by atoms with Crippen LogP contribution in [0.1, 0.15) is 5.56 Å². The molecule has 1 heterocycles. The Morgan fingerprint density at radius 1 is 1.21 bits per heavy atom. The van der Waals surface area contributed by atoms with E-state index >= 15 is 0 Å². The van der Waals surface area contributed by atoms with Gasteiger partial charge in [-0.1, -0.05) is 30.9 Å². The number of carbonyl (C=O) groups is 1. The predicted octanol–water partition coefficient (Wildman–Crippen LogP) is 2.55. The van der Waals surface area contributed by atoms with Crippen LogP contribution in [0.2, 0.25) is 0 Å². The Labute approximate surface area is 160 Å². The normalized spacial score (nSPS) is 11.9. The molecule has 0 saturated heterocycles. The van der Waals surface area contributed by atoms with E-state index in [2.05, 4.69) is 17.4 Å². The SMILES string of the molecule is C=C(/C=C/c1ccc2c(c1)OCO2)NNC(=O)COc1ccccc1[N+](=O)[O-]. The maximum absolute atomic E-state index is 11.8. The van der Waals surface area contributed by atoms with E-state index in [9.17, 15) is 14.9 Å². The van der Waals surface area contributed by atoms with Crippen molar-refractivity contribution < 1.29 is 23.9 Å². The molecular formula is C19H17N3O6. The van der Waals surface area contributed by atoms with Gasteiger partial charge < -0.3 is 14.2 Å². The lowest BCUT2D eigenvalue weighted by Gasteiger charge is -2.09. The van der Waals surface area contributed by atoms with Gasteiger partial charge in [0.25, 0.3) is 5.91 Å². The number of amides is 1. The molecule has 0 aliphatic carbocycles. The maximum atomic E-state index is 11.8. The van der Waals surface area contributed by atoms with Gasteiger partial charge in [-0.15, -0.1) is 0 Å². The van der Waals surface area contributed by atoms with E-state index in [4.69, 9.17) is 14.2 Å². The smallest absolute Gasteiger partial charge is 0.310 e. The van der Waals surface area contributed by atoms with Crippen LogP contribution in [0.4, 0.5) is 5.69 Å². The van der Waals surface area contributed by atoms with Gasteiger partial charge >= 0.3 is 5.69 Å². The van der Waals surface area contributed by atoms with Gasteiger partial charge in [0.2, 0.25) is 6.79 Å². The molecule has 28 heavy (non-hydrogen) atoms. The molecule has 2 N–H and O–H groups in total. The minimum atomic E-state index is -0.575. The molecule has 0 aromatic heterocycles. The highest BCUT2D eigenvalue weighted by Gasteiger charge is 2.15. The highest BCUT2D eigenvalue weighted by Crippen LogP contribution is 2.32. The number of rotatable bonds is 8. The molecule has 0 unspecified atom stereocenters. The number of nitro benzene ring substituents is 1. The summed E-state index contributed by atoms with van der Waals surface area (Å²) < 4.78 is 15.7. The average Bonchev–Trinajstić information content (AvgIpc) is 3.17. The highest BCUT2D eigenvalue weighted by atomic mass is 16.7. The van der Waals surface area contributed by atoms with Crippen LogP contribution in [0.25, 0.3) is 6.08 Å². The Kier molecular flexibility index (Phi) is 5.75. The molecule has 0 fully saturated rings. The number of hydrogen-bond acceptors (Lipinski definition) is 7. The Morgan fingerprint density at radius 3 is 2.82 bits per heavy atom. The highest BCUT2D eigenvalue weighted by molar-refractivity contribution is 5.77. The number of hydrogen-bond donors (Lipinski definition) is 2. The second-order valence-electron chi connectivity index (χ2n) is 5.66. The van der Waals surface area contributed by atoms with E-state index in [1.165, 1.54) is 18.2 Å². The van der Waals surface area contributed by atoms with Crippen LogP contribution in [-0.2, 0) is 4.79 Å². The summed E-state index contributed by atoms with van der Waals surface area (Å²) in [6.07, 6.45) is 3.45. The molecule has 9 nitrogen and oxygen atoms in total. The number of benzene rings is 2.